The molecule has 0 N–H and O–H groups in total. The molecular weight excluding hydrogens is 152 g/mol. The fraction of sp³-hybridized carbons (Fsp3) is 0.667. The summed E-state index contributed by atoms with van der Waals surface area (Å²) in [4.78, 5) is 0. The van der Waals surface area contributed by atoms with Gasteiger partial charge in [0.25, 0.3) is 11.0 Å². The minimum absolute atomic E-state index is 0.223. The molecule has 0 aliphatic carbocycles. The molecule has 0 aromatic rings. The Morgan fingerprint density at radius 2 is 2.30 bits per heavy atom. The summed E-state index contributed by atoms with van der Waals surface area (Å²) < 4.78 is 24.4. The van der Waals surface area contributed by atoms with Crippen LogP contribution in [-0.4, -0.2) is 14.5 Å². The molecule has 0 heterocycles. The standard InChI is InChI=1S/C6H12O3S/c1-3-4-5-6(2)9-10(7)8/h3,6,10H,1,4-5H2,2H3. The van der Waals surface area contributed by atoms with Crippen LogP contribution in [0.4, 0.5) is 0 Å². The number of allylic oxidation sites excluding steroid dienone is 1. The first-order valence-corrected chi connectivity index (χ1v) is 4.18. The van der Waals surface area contributed by atoms with Gasteiger partial charge in [0.15, 0.2) is 0 Å². The van der Waals surface area contributed by atoms with Gasteiger partial charge in [-0.25, -0.2) is 8.42 Å². The van der Waals surface area contributed by atoms with E-state index in [1.54, 1.807) is 13.0 Å². The van der Waals surface area contributed by atoms with Crippen LogP contribution in [0.3, 0.4) is 0 Å². The molecule has 0 saturated carbocycles. The van der Waals surface area contributed by atoms with Crippen LogP contribution in [0.1, 0.15) is 19.8 Å². The second-order valence-corrected chi connectivity index (χ2v) is 2.66. The highest BCUT2D eigenvalue weighted by Crippen LogP contribution is 2.00. The summed E-state index contributed by atoms with van der Waals surface area (Å²) in [6, 6.07) is 0. The Morgan fingerprint density at radius 3 is 2.70 bits per heavy atom. The molecule has 60 valence electrons. The highest BCUT2D eigenvalue weighted by Gasteiger charge is 2.00. The van der Waals surface area contributed by atoms with Gasteiger partial charge in [-0.05, 0) is 19.8 Å². The summed E-state index contributed by atoms with van der Waals surface area (Å²) in [5.41, 5.74) is 0. The van der Waals surface area contributed by atoms with Crippen LogP contribution in [0.15, 0.2) is 12.7 Å². The molecule has 0 aromatic carbocycles. The minimum Gasteiger partial charge on any atom is -0.269 e. The first-order valence-electron chi connectivity index (χ1n) is 3.09. The van der Waals surface area contributed by atoms with Crippen molar-refractivity contribution in [3.05, 3.63) is 12.7 Å². The zero-order chi connectivity index (χ0) is 7.98. The molecule has 1 atom stereocenters. The Labute approximate surface area is 62.9 Å². The van der Waals surface area contributed by atoms with Crippen LogP contribution in [0, 0.1) is 0 Å². The van der Waals surface area contributed by atoms with E-state index in [2.05, 4.69) is 10.8 Å². The second kappa shape index (κ2) is 5.44. The molecule has 4 heteroatoms. The van der Waals surface area contributed by atoms with Gasteiger partial charge in [-0.2, -0.15) is 0 Å². The topological polar surface area (TPSA) is 43.4 Å². The van der Waals surface area contributed by atoms with Gasteiger partial charge in [-0.3, -0.25) is 4.18 Å². The lowest BCUT2D eigenvalue weighted by atomic mass is 10.2. The predicted molar refractivity (Wildman–Crippen MR) is 40.3 cm³/mol. The van der Waals surface area contributed by atoms with Gasteiger partial charge in [0.2, 0.25) is 0 Å². The zero-order valence-corrected chi connectivity index (χ0v) is 6.84. The average molecular weight is 164 g/mol. The Bertz CT molecular complexity index is 154. The molecule has 1 unspecified atom stereocenters. The third-order valence-corrected chi connectivity index (χ3v) is 1.58. The van der Waals surface area contributed by atoms with Crippen molar-refractivity contribution in [2.75, 3.05) is 0 Å². The molecule has 0 radical (unpaired) electrons. The number of hydrogen-bond acceptors (Lipinski definition) is 3. The highest BCUT2D eigenvalue weighted by molar-refractivity contribution is 7.67. The van der Waals surface area contributed by atoms with Crippen LogP contribution >= 0.6 is 0 Å². The number of rotatable bonds is 5. The predicted octanol–water partition coefficient (Wildman–Crippen LogP) is 0.884. The third-order valence-electron chi connectivity index (χ3n) is 1.04. The Kier molecular flexibility index (Phi) is 5.25. The fourth-order valence-corrected chi connectivity index (χ4v) is 0.951. The van der Waals surface area contributed by atoms with Gasteiger partial charge in [-0.1, -0.05) is 6.08 Å². The molecule has 10 heavy (non-hydrogen) atoms. The van der Waals surface area contributed by atoms with Gasteiger partial charge in [0.1, 0.15) is 0 Å². The summed E-state index contributed by atoms with van der Waals surface area (Å²) in [5.74, 6) is 0. The fourth-order valence-electron chi connectivity index (χ4n) is 0.552. The summed E-state index contributed by atoms with van der Waals surface area (Å²) in [6.45, 7) is 5.22. The van der Waals surface area contributed by atoms with Crippen molar-refractivity contribution < 1.29 is 12.6 Å². The van der Waals surface area contributed by atoms with Crippen molar-refractivity contribution >= 4 is 11.0 Å². The summed E-state index contributed by atoms with van der Waals surface area (Å²) in [7, 11) is -2.69. The molecule has 0 aliphatic heterocycles. The van der Waals surface area contributed by atoms with Crippen LogP contribution in [-0.2, 0) is 15.2 Å². The maximum atomic E-state index is 9.96. The van der Waals surface area contributed by atoms with Crippen molar-refractivity contribution in [1.29, 1.82) is 0 Å². The smallest absolute Gasteiger partial charge is 0.257 e. The Morgan fingerprint density at radius 1 is 1.70 bits per heavy atom. The molecule has 0 spiro atoms. The molecule has 0 amide bonds. The van der Waals surface area contributed by atoms with Gasteiger partial charge in [0, 0.05) is 0 Å². The van der Waals surface area contributed by atoms with Gasteiger partial charge in [0.05, 0.1) is 6.10 Å². The summed E-state index contributed by atoms with van der Waals surface area (Å²) in [5, 5.41) is 0. The first kappa shape index (κ1) is 9.65. The van der Waals surface area contributed by atoms with Gasteiger partial charge < -0.3 is 0 Å². The second-order valence-electron chi connectivity index (χ2n) is 2.01. The maximum absolute atomic E-state index is 9.96. The summed E-state index contributed by atoms with van der Waals surface area (Å²) >= 11 is 0. The molecule has 0 aromatic heterocycles. The molecule has 0 saturated heterocycles. The zero-order valence-electron chi connectivity index (χ0n) is 5.95. The minimum atomic E-state index is -2.69. The van der Waals surface area contributed by atoms with E-state index in [-0.39, 0.29) is 6.10 Å². The molecule has 3 nitrogen and oxygen atoms in total. The van der Waals surface area contributed by atoms with E-state index in [1.807, 2.05) is 0 Å². The molecule has 0 bridgehead atoms. The van der Waals surface area contributed by atoms with Gasteiger partial charge >= 0.3 is 0 Å². The quantitative estimate of drug-likeness (QED) is 0.484. The van der Waals surface area contributed by atoms with E-state index in [0.29, 0.717) is 6.42 Å². The van der Waals surface area contributed by atoms with E-state index >= 15 is 0 Å². The average Bonchev–Trinajstić information content (AvgIpc) is 1.82. The largest absolute Gasteiger partial charge is 0.269 e. The molecule has 0 aliphatic rings. The van der Waals surface area contributed by atoms with Crippen molar-refractivity contribution in [1.82, 2.24) is 0 Å². The first-order chi connectivity index (χ1) is 4.66. The Hall–Kier alpha value is -0.350. The van der Waals surface area contributed by atoms with Crippen LogP contribution < -0.4 is 0 Å². The van der Waals surface area contributed by atoms with Crippen LogP contribution in [0.5, 0.6) is 0 Å². The number of hydrogen-bond donors (Lipinski definition) is 1. The molecular formula is C6H12O3S. The molecule has 0 rings (SSSR count). The van der Waals surface area contributed by atoms with Crippen molar-refractivity contribution in [2.24, 2.45) is 0 Å². The summed E-state index contributed by atoms with van der Waals surface area (Å²) in [6.07, 6.45) is 2.99. The van der Waals surface area contributed by atoms with Crippen LogP contribution in [0.2, 0.25) is 0 Å². The van der Waals surface area contributed by atoms with E-state index in [9.17, 15) is 8.42 Å². The number of thiol groups is 1. The van der Waals surface area contributed by atoms with Crippen molar-refractivity contribution in [3.63, 3.8) is 0 Å². The normalized spacial score (nSPS) is 13.4. The van der Waals surface area contributed by atoms with E-state index in [1.165, 1.54) is 0 Å². The van der Waals surface area contributed by atoms with E-state index in [4.69, 9.17) is 0 Å². The lowest BCUT2D eigenvalue weighted by Gasteiger charge is -2.03. The van der Waals surface area contributed by atoms with E-state index < -0.39 is 11.0 Å². The SMILES string of the molecule is C=CCCC(C)O[SH](=O)=O. The Balaban J connectivity index is 3.42. The third kappa shape index (κ3) is 5.78. The van der Waals surface area contributed by atoms with Crippen molar-refractivity contribution in [3.8, 4) is 0 Å². The van der Waals surface area contributed by atoms with Crippen LogP contribution in [0.25, 0.3) is 0 Å². The maximum Gasteiger partial charge on any atom is 0.257 e. The lowest BCUT2D eigenvalue weighted by molar-refractivity contribution is 0.230. The van der Waals surface area contributed by atoms with Crippen molar-refractivity contribution in [2.45, 2.75) is 25.9 Å². The monoisotopic (exact) mass is 164 g/mol. The molecule has 0 fully saturated rings. The van der Waals surface area contributed by atoms with E-state index in [0.717, 1.165) is 6.42 Å². The highest BCUT2D eigenvalue weighted by atomic mass is 32.2. The lowest BCUT2D eigenvalue weighted by Crippen LogP contribution is -2.05. The van der Waals surface area contributed by atoms with Gasteiger partial charge in [-0.15, -0.1) is 6.58 Å².